The second kappa shape index (κ2) is 14.1. The minimum Gasteiger partial charge on any atom is -0.457 e. The second-order valence-electron chi connectivity index (χ2n) is 15.7. The van der Waals surface area contributed by atoms with Crippen molar-refractivity contribution in [2.45, 2.75) is 33.0 Å². The van der Waals surface area contributed by atoms with Gasteiger partial charge in [-0.2, -0.15) is 0 Å². The van der Waals surface area contributed by atoms with Crippen molar-refractivity contribution < 1.29 is 11.6 Å². The lowest BCUT2D eigenvalue weighted by molar-refractivity contribution is 0.483. The smallest absolute Gasteiger partial charge is 0.137 e. The van der Waals surface area contributed by atoms with Gasteiger partial charge >= 0.3 is 0 Å². The number of nitrogens with zero attached hydrogens (tertiary/aromatic N) is 4. The Morgan fingerprint density at radius 2 is 1.24 bits per heavy atom. The molecule has 0 aliphatic carbocycles. The van der Waals surface area contributed by atoms with Crippen LogP contribution in [0.5, 0.6) is 11.5 Å². The SMILES string of the molecule is [2H]c1c(-c2ccccc2)c(N2CN(c3cccc(Oc4ccc5c6ccccc6n(-c6cc(C(C)(C)C)ccn6)c5c4)c3)c3ccccc32)c(-c2ccccc2)c([2H])c1C([2H])([2H])[2H]. The van der Waals surface area contributed by atoms with E-state index in [1.807, 2.05) is 115 Å². The molecule has 0 amide bonds. The predicted molar refractivity (Wildman–Crippen MR) is 241 cm³/mol. The minimum atomic E-state index is -2.69. The lowest BCUT2D eigenvalue weighted by Gasteiger charge is -2.28. The number of anilines is 4. The van der Waals surface area contributed by atoms with Crippen molar-refractivity contribution in [2.75, 3.05) is 16.5 Å². The summed E-state index contributed by atoms with van der Waals surface area (Å²) >= 11 is 0. The van der Waals surface area contributed by atoms with Crippen LogP contribution in [0.2, 0.25) is 0 Å². The van der Waals surface area contributed by atoms with Gasteiger partial charge in [0.2, 0.25) is 0 Å². The Balaban J connectivity index is 1.08. The first-order chi connectivity index (χ1) is 30.4. The fourth-order valence-corrected chi connectivity index (χ4v) is 8.17. The molecule has 5 nitrogen and oxygen atoms in total. The molecule has 3 heterocycles. The topological polar surface area (TPSA) is 33.5 Å². The molecule has 5 heteroatoms. The molecule has 7 aromatic carbocycles. The van der Waals surface area contributed by atoms with Crippen molar-refractivity contribution >= 4 is 44.6 Å². The summed E-state index contributed by atoms with van der Waals surface area (Å²) < 4.78 is 53.5. The van der Waals surface area contributed by atoms with Gasteiger partial charge in [-0.05, 0) is 101 Å². The number of hydrogen-bond donors (Lipinski definition) is 0. The molecule has 9 aromatic rings. The van der Waals surface area contributed by atoms with Crippen molar-refractivity contribution in [3.63, 3.8) is 0 Å². The zero-order valence-electron chi connectivity index (χ0n) is 37.6. The Kier molecular flexibility index (Phi) is 7.32. The molecule has 58 heavy (non-hydrogen) atoms. The quantitative estimate of drug-likeness (QED) is 0.162. The molecule has 0 atom stereocenters. The van der Waals surface area contributed by atoms with Crippen LogP contribution in [0.1, 0.15) is 38.8 Å². The molecule has 0 spiro atoms. The van der Waals surface area contributed by atoms with Crippen LogP contribution >= 0.6 is 0 Å². The number of hydrogen-bond acceptors (Lipinski definition) is 4. The summed E-state index contributed by atoms with van der Waals surface area (Å²) in [5, 5.41) is 2.24. The summed E-state index contributed by atoms with van der Waals surface area (Å²) in [4.78, 5) is 9.15. The maximum atomic E-state index is 9.51. The van der Waals surface area contributed by atoms with E-state index in [0.29, 0.717) is 46.1 Å². The molecule has 0 saturated heterocycles. The average molecular weight is 758 g/mol. The zero-order chi connectivity index (χ0) is 43.6. The van der Waals surface area contributed by atoms with E-state index in [1.54, 1.807) is 0 Å². The van der Waals surface area contributed by atoms with Gasteiger partial charge in [0.05, 0.1) is 30.8 Å². The van der Waals surface area contributed by atoms with E-state index in [1.165, 1.54) is 5.56 Å². The summed E-state index contributed by atoms with van der Waals surface area (Å²) in [5.74, 6) is 2.18. The number of rotatable bonds is 7. The first kappa shape index (κ1) is 30.1. The van der Waals surface area contributed by atoms with Crippen LogP contribution in [-0.4, -0.2) is 16.2 Å². The number of ether oxygens (including phenoxy) is 1. The maximum Gasteiger partial charge on any atom is 0.137 e. The highest BCUT2D eigenvalue weighted by Crippen LogP contribution is 2.50. The van der Waals surface area contributed by atoms with Crippen LogP contribution in [0.25, 0.3) is 49.9 Å². The molecular formula is C53H44N4O. The molecule has 10 rings (SSSR count). The van der Waals surface area contributed by atoms with E-state index in [9.17, 15) is 2.74 Å². The number of benzene rings is 7. The van der Waals surface area contributed by atoms with E-state index in [-0.39, 0.29) is 23.1 Å². The molecule has 0 radical (unpaired) electrons. The van der Waals surface area contributed by atoms with Gasteiger partial charge in [-0.3, -0.25) is 4.57 Å². The van der Waals surface area contributed by atoms with E-state index >= 15 is 0 Å². The minimum absolute atomic E-state index is 0.0452. The van der Waals surface area contributed by atoms with Crippen molar-refractivity contribution in [1.29, 1.82) is 0 Å². The first-order valence-electron chi connectivity index (χ1n) is 22.1. The zero-order valence-corrected chi connectivity index (χ0v) is 32.6. The standard InChI is InChI=1S/C53H44N4O/c1-36-30-45(37-16-7-5-8-17-37)52(46(31-36)38-18-9-6-10-19-38)56-35-55(48-24-13-14-25-49(48)56)40-20-15-21-41(33-40)58-42-26-27-44-43-22-11-12-23-47(43)57(50(44)34-42)51-32-39(28-29-54-51)53(2,3)4/h5-34H,35H2,1-4H3/i1D3,30D,31D. The highest BCUT2D eigenvalue weighted by Gasteiger charge is 2.31. The molecule has 0 saturated carbocycles. The third-order valence-corrected chi connectivity index (χ3v) is 11.0. The molecule has 0 bridgehead atoms. The normalized spacial score (nSPS) is 14.2. The second-order valence-corrected chi connectivity index (χ2v) is 15.7. The largest absolute Gasteiger partial charge is 0.457 e. The Hall–Kier alpha value is -7.11. The van der Waals surface area contributed by atoms with Crippen molar-refractivity contribution in [3.8, 4) is 39.6 Å². The fourth-order valence-electron chi connectivity index (χ4n) is 8.17. The lowest BCUT2D eigenvalue weighted by atomic mass is 9.88. The summed E-state index contributed by atoms with van der Waals surface area (Å²) in [7, 11) is 0. The van der Waals surface area contributed by atoms with Crippen LogP contribution in [0.4, 0.5) is 22.7 Å². The molecule has 0 N–H and O–H groups in total. The number of pyridine rings is 1. The van der Waals surface area contributed by atoms with E-state index < -0.39 is 6.85 Å². The Morgan fingerprint density at radius 1 is 0.603 bits per heavy atom. The third-order valence-electron chi connectivity index (χ3n) is 11.0. The van der Waals surface area contributed by atoms with Crippen LogP contribution in [0, 0.1) is 6.85 Å². The first-order valence-corrected chi connectivity index (χ1v) is 19.6. The van der Waals surface area contributed by atoms with Gasteiger partial charge < -0.3 is 14.5 Å². The number of fused-ring (bicyclic) bond motifs is 4. The highest BCUT2D eigenvalue weighted by atomic mass is 16.5. The third kappa shape index (κ3) is 6.25. The van der Waals surface area contributed by atoms with E-state index in [2.05, 4.69) is 89.7 Å². The van der Waals surface area contributed by atoms with Crippen LogP contribution in [0.3, 0.4) is 0 Å². The average Bonchev–Trinajstić information content (AvgIpc) is 3.82. The fraction of sp³-hybridized carbons (Fsp3) is 0.113. The molecule has 0 fully saturated rings. The van der Waals surface area contributed by atoms with Crippen molar-refractivity contribution in [2.24, 2.45) is 0 Å². The molecule has 1 aliphatic rings. The van der Waals surface area contributed by atoms with Gasteiger partial charge in [-0.15, -0.1) is 0 Å². The van der Waals surface area contributed by atoms with E-state index in [0.717, 1.165) is 44.7 Å². The molecular weight excluding hydrogens is 709 g/mol. The van der Waals surface area contributed by atoms with Gasteiger partial charge in [0.1, 0.15) is 24.0 Å². The highest BCUT2D eigenvalue weighted by molar-refractivity contribution is 6.09. The number of para-hydroxylation sites is 3. The van der Waals surface area contributed by atoms with Gasteiger partial charge in [0.15, 0.2) is 0 Å². The molecule has 1 aliphatic heterocycles. The monoisotopic (exact) mass is 757 g/mol. The van der Waals surface area contributed by atoms with Gasteiger partial charge in [-0.25, -0.2) is 4.98 Å². The van der Waals surface area contributed by atoms with Crippen molar-refractivity contribution in [1.82, 2.24) is 9.55 Å². The summed E-state index contributed by atoms with van der Waals surface area (Å²) in [6.45, 7) is 4.26. The van der Waals surface area contributed by atoms with Gasteiger partial charge in [0, 0.05) is 50.0 Å². The van der Waals surface area contributed by atoms with Gasteiger partial charge in [-0.1, -0.05) is 118 Å². The lowest BCUT2D eigenvalue weighted by Crippen LogP contribution is -2.25. The summed E-state index contributed by atoms with van der Waals surface area (Å²) in [6.07, 6.45) is 1.88. The molecule has 282 valence electrons. The Bertz CT molecular complexity index is 3130. The van der Waals surface area contributed by atoms with E-state index in [4.69, 9.17) is 13.8 Å². The van der Waals surface area contributed by atoms with Gasteiger partial charge in [0.25, 0.3) is 0 Å². The summed E-state index contributed by atoms with van der Waals surface area (Å²) in [5.41, 5.74) is 8.50. The van der Waals surface area contributed by atoms with Crippen LogP contribution in [0.15, 0.2) is 182 Å². The van der Waals surface area contributed by atoms with Crippen LogP contribution in [-0.2, 0) is 5.41 Å². The van der Waals surface area contributed by atoms with Crippen LogP contribution < -0.4 is 14.5 Å². The Morgan fingerprint density at radius 3 is 1.95 bits per heavy atom. The Labute approximate surface area is 347 Å². The summed E-state index contributed by atoms with van der Waals surface area (Å²) in [6, 6.07) is 53.5. The number of aromatic nitrogens is 2. The van der Waals surface area contributed by atoms with Crippen molar-refractivity contribution in [3.05, 3.63) is 193 Å². The molecule has 0 unspecified atom stereocenters. The maximum absolute atomic E-state index is 9.51. The molecule has 2 aromatic heterocycles. The predicted octanol–water partition coefficient (Wildman–Crippen LogP) is 14.2.